The third-order valence-electron chi connectivity index (χ3n) is 2.42. The van der Waals surface area contributed by atoms with Crippen LogP contribution in [0.3, 0.4) is 0 Å². The number of benzene rings is 1. The second kappa shape index (κ2) is 9.35. The summed E-state index contributed by atoms with van der Waals surface area (Å²) in [6, 6.07) is 7.42. The maximum absolute atomic E-state index is 11.5. The molecule has 1 aromatic rings. The fourth-order valence-electron chi connectivity index (χ4n) is 1.48. The molecule has 0 spiro atoms. The molecule has 0 fully saturated rings. The van der Waals surface area contributed by atoms with Crippen LogP contribution >= 0.6 is 0 Å². The molecule has 5 nitrogen and oxygen atoms in total. The maximum Gasteiger partial charge on any atom is 0.319 e. The smallest absolute Gasteiger partial charge is 0.319 e. The largest absolute Gasteiger partial charge is 0.382 e. The van der Waals surface area contributed by atoms with Gasteiger partial charge in [-0.15, -0.1) is 0 Å². The van der Waals surface area contributed by atoms with Gasteiger partial charge in [0.1, 0.15) is 0 Å². The summed E-state index contributed by atoms with van der Waals surface area (Å²) in [7, 11) is 1.64. The van der Waals surface area contributed by atoms with E-state index in [4.69, 9.17) is 9.47 Å². The molecule has 2 amide bonds. The summed E-state index contributed by atoms with van der Waals surface area (Å²) in [4.78, 5) is 11.5. The van der Waals surface area contributed by atoms with Gasteiger partial charge in [-0.05, 0) is 24.1 Å². The van der Waals surface area contributed by atoms with Gasteiger partial charge in [-0.3, -0.25) is 0 Å². The number of carbonyl (C=O) groups is 1. The molecule has 0 bridgehead atoms. The van der Waals surface area contributed by atoms with Crippen LogP contribution in [0.4, 0.5) is 10.5 Å². The Morgan fingerprint density at radius 1 is 1.32 bits per heavy atom. The quantitative estimate of drug-likeness (QED) is 0.710. The van der Waals surface area contributed by atoms with Crippen LogP contribution in [0.25, 0.3) is 0 Å². The van der Waals surface area contributed by atoms with Crippen molar-refractivity contribution in [3.63, 3.8) is 0 Å². The Labute approximate surface area is 114 Å². The molecular weight excluding hydrogens is 244 g/mol. The summed E-state index contributed by atoms with van der Waals surface area (Å²) < 4.78 is 10.3. The summed E-state index contributed by atoms with van der Waals surface area (Å²) in [5.74, 6) is 0. The number of carbonyl (C=O) groups excluding carboxylic acids is 1. The Morgan fingerprint density at radius 3 is 2.89 bits per heavy atom. The Bertz CT molecular complexity index is 383. The van der Waals surface area contributed by atoms with Gasteiger partial charge >= 0.3 is 6.03 Å². The lowest BCUT2D eigenvalue weighted by atomic mass is 10.2. The van der Waals surface area contributed by atoms with Crippen molar-refractivity contribution in [1.29, 1.82) is 0 Å². The monoisotopic (exact) mass is 266 g/mol. The number of urea groups is 1. The van der Waals surface area contributed by atoms with Crippen LogP contribution in [-0.2, 0) is 16.1 Å². The number of methoxy groups -OCH3 is 1. The second-order valence-corrected chi connectivity index (χ2v) is 4.13. The lowest BCUT2D eigenvalue weighted by molar-refractivity contribution is 0.0617. The summed E-state index contributed by atoms with van der Waals surface area (Å²) in [5, 5.41) is 5.55. The Balaban J connectivity index is 2.40. The van der Waals surface area contributed by atoms with E-state index in [0.717, 1.165) is 17.7 Å². The van der Waals surface area contributed by atoms with Crippen molar-refractivity contribution < 1.29 is 14.3 Å². The second-order valence-electron chi connectivity index (χ2n) is 4.13. The molecule has 1 aromatic carbocycles. The zero-order chi connectivity index (χ0) is 13.9. The van der Waals surface area contributed by atoms with E-state index in [-0.39, 0.29) is 6.03 Å². The van der Waals surface area contributed by atoms with Gasteiger partial charge in [0.2, 0.25) is 0 Å². The van der Waals surface area contributed by atoms with Gasteiger partial charge in [0, 0.05) is 19.3 Å². The van der Waals surface area contributed by atoms with Crippen LogP contribution < -0.4 is 10.6 Å². The van der Waals surface area contributed by atoms with Crippen molar-refractivity contribution in [2.75, 3.05) is 32.2 Å². The molecule has 1 rings (SSSR count). The van der Waals surface area contributed by atoms with Gasteiger partial charge in [0.05, 0.1) is 19.8 Å². The van der Waals surface area contributed by atoms with Gasteiger partial charge in [-0.1, -0.05) is 19.1 Å². The average molecular weight is 266 g/mol. The number of anilines is 1. The van der Waals surface area contributed by atoms with Crippen LogP contribution in [-0.4, -0.2) is 32.9 Å². The van der Waals surface area contributed by atoms with E-state index >= 15 is 0 Å². The highest BCUT2D eigenvalue weighted by Crippen LogP contribution is 2.11. The van der Waals surface area contributed by atoms with Gasteiger partial charge in [0.15, 0.2) is 0 Å². The standard InChI is InChI=1S/C14H22N2O3/c1-3-7-15-14(17)16-13-6-4-5-12(10-13)11-19-9-8-18-2/h4-6,10H,3,7-9,11H2,1-2H3,(H2,15,16,17). The molecule has 0 saturated carbocycles. The van der Waals surface area contributed by atoms with Gasteiger partial charge in [-0.2, -0.15) is 0 Å². The van der Waals surface area contributed by atoms with Gasteiger partial charge in [-0.25, -0.2) is 4.79 Å². The molecule has 0 unspecified atom stereocenters. The topological polar surface area (TPSA) is 59.6 Å². The lowest BCUT2D eigenvalue weighted by Crippen LogP contribution is -2.29. The third-order valence-corrected chi connectivity index (χ3v) is 2.42. The van der Waals surface area contributed by atoms with E-state index in [2.05, 4.69) is 10.6 Å². The van der Waals surface area contributed by atoms with Crippen molar-refractivity contribution in [3.8, 4) is 0 Å². The van der Waals surface area contributed by atoms with Gasteiger partial charge in [0.25, 0.3) is 0 Å². The number of hydrogen-bond acceptors (Lipinski definition) is 3. The normalized spacial score (nSPS) is 10.2. The first-order valence-corrected chi connectivity index (χ1v) is 6.46. The van der Waals surface area contributed by atoms with Crippen LogP contribution in [0, 0.1) is 0 Å². The average Bonchev–Trinajstić information content (AvgIpc) is 2.42. The molecule has 0 saturated heterocycles. The fourth-order valence-corrected chi connectivity index (χ4v) is 1.48. The highest BCUT2D eigenvalue weighted by molar-refractivity contribution is 5.89. The highest BCUT2D eigenvalue weighted by Gasteiger charge is 2.01. The first-order valence-electron chi connectivity index (χ1n) is 6.46. The molecule has 106 valence electrons. The number of nitrogens with one attached hydrogen (secondary N) is 2. The zero-order valence-corrected chi connectivity index (χ0v) is 11.6. The van der Waals surface area contributed by atoms with E-state index in [0.29, 0.717) is 26.4 Å². The summed E-state index contributed by atoms with van der Waals surface area (Å²) in [5.41, 5.74) is 1.78. The van der Waals surface area contributed by atoms with E-state index in [9.17, 15) is 4.79 Å². The van der Waals surface area contributed by atoms with E-state index in [1.165, 1.54) is 0 Å². The Kier molecular flexibility index (Phi) is 7.62. The molecule has 19 heavy (non-hydrogen) atoms. The first kappa shape index (κ1) is 15.5. The van der Waals surface area contributed by atoms with Crippen LogP contribution in [0.15, 0.2) is 24.3 Å². The highest BCUT2D eigenvalue weighted by atomic mass is 16.5. The van der Waals surface area contributed by atoms with Crippen molar-refractivity contribution >= 4 is 11.7 Å². The minimum Gasteiger partial charge on any atom is -0.382 e. The third kappa shape index (κ3) is 6.79. The minimum atomic E-state index is -0.181. The molecule has 0 aliphatic rings. The maximum atomic E-state index is 11.5. The zero-order valence-electron chi connectivity index (χ0n) is 11.6. The molecule has 5 heteroatoms. The minimum absolute atomic E-state index is 0.181. The summed E-state index contributed by atoms with van der Waals surface area (Å²) in [6.07, 6.45) is 0.917. The van der Waals surface area contributed by atoms with Crippen LogP contribution in [0.5, 0.6) is 0 Å². The molecular formula is C14H22N2O3. The number of amides is 2. The predicted molar refractivity (Wildman–Crippen MR) is 75.3 cm³/mol. The molecule has 0 atom stereocenters. The molecule has 0 aliphatic carbocycles. The number of ether oxygens (including phenoxy) is 2. The Hall–Kier alpha value is -1.59. The predicted octanol–water partition coefficient (Wildman–Crippen LogP) is 2.38. The Morgan fingerprint density at radius 2 is 2.16 bits per heavy atom. The molecule has 0 aromatic heterocycles. The van der Waals surface area contributed by atoms with Crippen LogP contribution in [0.1, 0.15) is 18.9 Å². The van der Waals surface area contributed by atoms with E-state index in [1.54, 1.807) is 7.11 Å². The molecule has 0 radical (unpaired) electrons. The lowest BCUT2D eigenvalue weighted by Gasteiger charge is -2.09. The summed E-state index contributed by atoms with van der Waals surface area (Å²) in [6.45, 7) is 4.34. The molecule has 2 N–H and O–H groups in total. The van der Waals surface area contributed by atoms with Crippen molar-refractivity contribution in [1.82, 2.24) is 5.32 Å². The van der Waals surface area contributed by atoms with Gasteiger partial charge < -0.3 is 20.1 Å². The van der Waals surface area contributed by atoms with Crippen molar-refractivity contribution in [2.45, 2.75) is 20.0 Å². The number of rotatable bonds is 8. The first-order chi connectivity index (χ1) is 9.26. The number of hydrogen-bond donors (Lipinski definition) is 2. The van der Waals surface area contributed by atoms with Crippen LogP contribution in [0.2, 0.25) is 0 Å². The SMILES string of the molecule is CCCNC(=O)Nc1cccc(COCCOC)c1. The molecule has 0 heterocycles. The van der Waals surface area contributed by atoms with Crippen molar-refractivity contribution in [3.05, 3.63) is 29.8 Å². The van der Waals surface area contributed by atoms with E-state index in [1.807, 2.05) is 31.2 Å². The summed E-state index contributed by atoms with van der Waals surface area (Å²) >= 11 is 0. The molecule has 0 aliphatic heterocycles. The fraction of sp³-hybridized carbons (Fsp3) is 0.500. The van der Waals surface area contributed by atoms with E-state index < -0.39 is 0 Å². The van der Waals surface area contributed by atoms with Crippen molar-refractivity contribution in [2.24, 2.45) is 0 Å².